The lowest BCUT2D eigenvalue weighted by molar-refractivity contribution is -0.670. The summed E-state index contributed by atoms with van der Waals surface area (Å²) < 4.78 is 18.3. The summed E-state index contributed by atoms with van der Waals surface area (Å²) in [7, 11) is 0. The lowest BCUT2D eigenvalue weighted by Crippen LogP contribution is -2.32. The van der Waals surface area contributed by atoms with Crippen molar-refractivity contribution in [2.24, 2.45) is 0 Å². The molecular weight excluding hydrogens is 177 g/mol. The fraction of sp³-hybridized carbons (Fsp3) is 0. The highest BCUT2D eigenvalue weighted by molar-refractivity contribution is 5.16. The average molecular weight is 182 g/mol. The Morgan fingerprint density at radius 1 is 1.54 bits per heavy atom. The molecular formula is C7H5FN3O2+. The molecule has 5 nitrogen and oxygen atoms in total. The van der Waals surface area contributed by atoms with Crippen molar-refractivity contribution in [3.63, 3.8) is 0 Å². The summed E-state index contributed by atoms with van der Waals surface area (Å²) in [5.41, 5.74) is -0.143. The van der Waals surface area contributed by atoms with Crippen molar-refractivity contribution in [1.29, 1.82) is 0 Å². The van der Waals surface area contributed by atoms with Gasteiger partial charge in [0.05, 0.1) is 12.3 Å². The molecule has 0 saturated heterocycles. The van der Waals surface area contributed by atoms with Gasteiger partial charge in [-0.2, -0.15) is 0 Å². The Labute approximate surface area is 71.4 Å². The van der Waals surface area contributed by atoms with Crippen LogP contribution >= 0.6 is 0 Å². The molecule has 13 heavy (non-hydrogen) atoms. The van der Waals surface area contributed by atoms with Crippen molar-refractivity contribution < 1.29 is 13.6 Å². The van der Waals surface area contributed by atoms with Gasteiger partial charge in [-0.05, 0) is 9.95 Å². The Morgan fingerprint density at radius 3 is 3.00 bits per heavy atom. The summed E-state index contributed by atoms with van der Waals surface area (Å²) in [6.07, 6.45) is 3.62. The summed E-state index contributed by atoms with van der Waals surface area (Å²) in [5, 5.41) is 2.27. The van der Waals surface area contributed by atoms with Crippen LogP contribution < -0.4 is 10.3 Å². The van der Waals surface area contributed by atoms with Gasteiger partial charge in [0, 0.05) is 0 Å². The number of H-pyrrole nitrogens is 1. The minimum absolute atomic E-state index is 0.394. The SMILES string of the molecule is O=c1c[n+](-c2cncc(F)c2)[nH]o1. The maximum absolute atomic E-state index is 12.7. The van der Waals surface area contributed by atoms with Crippen LogP contribution in [0, 0.1) is 5.82 Å². The van der Waals surface area contributed by atoms with Gasteiger partial charge in [-0.15, -0.1) is 0 Å². The predicted molar refractivity (Wildman–Crippen MR) is 38.6 cm³/mol. The minimum atomic E-state index is -0.538. The van der Waals surface area contributed by atoms with Gasteiger partial charge in [-0.3, -0.25) is 9.51 Å². The summed E-state index contributed by atoms with van der Waals surface area (Å²) in [5.74, 6) is -0.480. The van der Waals surface area contributed by atoms with E-state index in [1.54, 1.807) is 0 Å². The molecule has 0 aliphatic carbocycles. The van der Waals surface area contributed by atoms with E-state index in [1.165, 1.54) is 16.9 Å². The first-order valence-electron chi connectivity index (χ1n) is 3.47. The molecule has 2 rings (SSSR count). The van der Waals surface area contributed by atoms with E-state index in [0.717, 1.165) is 12.4 Å². The van der Waals surface area contributed by atoms with Gasteiger partial charge in [0.2, 0.25) is 0 Å². The van der Waals surface area contributed by atoms with Crippen molar-refractivity contribution in [3.8, 4) is 5.69 Å². The second-order valence-electron chi connectivity index (χ2n) is 2.37. The highest BCUT2D eigenvalue weighted by Gasteiger charge is 2.11. The molecule has 1 N–H and O–H groups in total. The zero-order valence-electron chi connectivity index (χ0n) is 6.40. The second-order valence-corrected chi connectivity index (χ2v) is 2.37. The largest absolute Gasteiger partial charge is 0.427 e. The van der Waals surface area contributed by atoms with Crippen molar-refractivity contribution >= 4 is 0 Å². The molecule has 0 aromatic carbocycles. The molecule has 0 amide bonds. The molecule has 6 heteroatoms. The van der Waals surface area contributed by atoms with Gasteiger partial charge < -0.3 is 0 Å². The topological polar surface area (TPSA) is 62.8 Å². The zero-order chi connectivity index (χ0) is 9.26. The molecule has 2 aromatic heterocycles. The van der Waals surface area contributed by atoms with Gasteiger partial charge >= 0.3 is 5.63 Å². The van der Waals surface area contributed by atoms with E-state index in [2.05, 4.69) is 14.8 Å². The Balaban J connectivity index is 2.52. The van der Waals surface area contributed by atoms with E-state index in [4.69, 9.17) is 0 Å². The van der Waals surface area contributed by atoms with E-state index in [0.29, 0.717) is 5.69 Å². The van der Waals surface area contributed by atoms with Crippen LogP contribution in [0.4, 0.5) is 4.39 Å². The van der Waals surface area contributed by atoms with E-state index in [-0.39, 0.29) is 0 Å². The standard InChI is InChI=1S/C7H4FN3O2/c8-5-1-6(3-9-2-5)11-4-7(12)13-10-11/h1-4H/p+1. The summed E-state index contributed by atoms with van der Waals surface area (Å²) in [6.45, 7) is 0. The van der Waals surface area contributed by atoms with Crippen LogP contribution in [0.2, 0.25) is 0 Å². The third kappa shape index (κ3) is 1.46. The molecule has 2 aromatic rings. The third-order valence-corrected chi connectivity index (χ3v) is 1.45. The first kappa shape index (κ1) is 7.66. The molecule has 2 heterocycles. The van der Waals surface area contributed by atoms with E-state index >= 15 is 0 Å². The van der Waals surface area contributed by atoms with Crippen molar-refractivity contribution in [2.45, 2.75) is 0 Å². The van der Waals surface area contributed by atoms with Crippen LogP contribution in [-0.4, -0.2) is 10.3 Å². The second kappa shape index (κ2) is 2.81. The third-order valence-electron chi connectivity index (χ3n) is 1.45. The fourth-order valence-corrected chi connectivity index (χ4v) is 0.912. The normalized spacial score (nSPS) is 10.2. The Bertz CT molecular complexity index is 476. The number of halogens is 1. The van der Waals surface area contributed by atoms with Gasteiger partial charge in [0.25, 0.3) is 11.9 Å². The molecule has 0 unspecified atom stereocenters. The number of aromatic amines is 1. The average Bonchev–Trinajstić information content (AvgIpc) is 2.52. The number of nitrogens with one attached hydrogen (secondary N) is 1. The predicted octanol–water partition coefficient (Wildman–Crippen LogP) is -0.221. The van der Waals surface area contributed by atoms with E-state index in [9.17, 15) is 9.18 Å². The summed E-state index contributed by atoms with van der Waals surface area (Å²) in [6, 6.07) is 1.22. The lowest BCUT2D eigenvalue weighted by Gasteiger charge is -1.87. The van der Waals surface area contributed by atoms with Gasteiger partial charge in [0.15, 0.2) is 0 Å². The first-order valence-corrected chi connectivity index (χ1v) is 3.47. The quantitative estimate of drug-likeness (QED) is 0.620. The Kier molecular flexibility index (Phi) is 1.66. The zero-order valence-corrected chi connectivity index (χ0v) is 6.40. The van der Waals surface area contributed by atoms with Crippen LogP contribution in [-0.2, 0) is 0 Å². The first-order chi connectivity index (χ1) is 6.25. The monoisotopic (exact) mass is 182 g/mol. The van der Waals surface area contributed by atoms with Crippen LogP contribution in [0.15, 0.2) is 34.0 Å². The number of hydrogen-bond donors (Lipinski definition) is 1. The van der Waals surface area contributed by atoms with E-state index in [1.807, 2.05) is 0 Å². The van der Waals surface area contributed by atoms with Gasteiger partial charge in [0.1, 0.15) is 12.0 Å². The van der Waals surface area contributed by atoms with Crippen molar-refractivity contribution in [3.05, 3.63) is 40.9 Å². The maximum Gasteiger partial charge on any atom is 0.427 e. The molecule has 0 saturated carbocycles. The number of rotatable bonds is 1. The maximum atomic E-state index is 12.7. The minimum Gasteiger partial charge on any atom is -0.283 e. The summed E-state index contributed by atoms with van der Waals surface area (Å²) >= 11 is 0. The Morgan fingerprint density at radius 2 is 2.38 bits per heavy atom. The number of nitrogens with zero attached hydrogens (tertiary/aromatic N) is 2. The van der Waals surface area contributed by atoms with Gasteiger partial charge in [-0.1, -0.05) is 0 Å². The molecule has 66 valence electrons. The molecule has 0 radical (unpaired) electrons. The number of pyridine rings is 1. The van der Waals surface area contributed by atoms with E-state index < -0.39 is 11.4 Å². The Hall–Kier alpha value is -1.98. The van der Waals surface area contributed by atoms with Gasteiger partial charge in [-0.25, -0.2) is 9.18 Å². The molecule has 0 aliphatic rings. The number of hydrogen-bond acceptors (Lipinski definition) is 3. The highest BCUT2D eigenvalue weighted by atomic mass is 19.1. The fourth-order valence-electron chi connectivity index (χ4n) is 0.912. The molecule has 0 fully saturated rings. The van der Waals surface area contributed by atoms with Crippen LogP contribution in [0.25, 0.3) is 5.69 Å². The highest BCUT2D eigenvalue weighted by Crippen LogP contribution is 1.97. The lowest BCUT2D eigenvalue weighted by atomic mass is 10.4. The van der Waals surface area contributed by atoms with Crippen molar-refractivity contribution in [1.82, 2.24) is 10.3 Å². The smallest absolute Gasteiger partial charge is 0.283 e. The molecule has 0 atom stereocenters. The molecule has 0 spiro atoms. The number of aromatic nitrogens is 3. The van der Waals surface area contributed by atoms with Crippen molar-refractivity contribution in [2.75, 3.05) is 0 Å². The van der Waals surface area contributed by atoms with Crippen LogP contribution in [0.1, 0.15) is 0 Å². The van der Waals surface area contributed by atoms with Crippen LogP contribution in [0.5, 0.6) is 0 Å². The van der Waals surface area contributed by atoms with Crippen LogP contribution in [0.3, 0.4) is 0 Å². The summed E-state index contributed by atoms with van der Waals surface area (Å²) in [4.78, 5) is 14.2. The molecule has 0 bridgehead atoms. The molecule has 0 aliphatic heterocycles.